The van der Waals surface area contributed by atoms with Crippen LogP contribution in [0.4, 0.5) is 0 Å². The van der Waals surface area contributed by atoms with Gasteiger partial charge in [-0.1, -0.05) is 13.0 Å². The molecule has 0 fully saturated rings. The largest absolute Gasteiger partial charge is 0.317 e. The molecule has 3 heteroatoms. The lowest BCUT2D eigenvalue weighted by atomic mass is 10.2. The van der Waals surface area contributed by atoms with Crippen molar-refractivity contribution in [2.45, 2.75) is 39.2 Å². The zero-order valence-corrected chi connectivity index (χ0v) is 12.2. The van der Waals surface area contributed by atoms with E-state index >= 15 is 0 Å². The van der Waals surface area contributed by atoms with Gasteiger partial charge in [0.05, 0.1) is 0 Å². The minimum Gasteiger partial charge on any atom is -0.317 e. The maximum atomic E-state index is 3.47. The highest BCUT2D eigenvalue weighted by Gasteiger charge is 2.08. The molecule has 17 heavy (non-hydrogen) atoms. The van der Waals surface area contributed by atoms with E-state index < -0.39 is 0 Å². The average Bonchev–Trinajstić information content (AvgIpc) is 2.84. The Morgan fingerprint density at radius 2 is 2.24 bits per heavy atom. The maximum Gasteiger partial charge on any atom is 0.00760 e. The zero-order chi connectivity index (χ0) is 12.5. The van der Waals surface area contributed by atoms with E-state index in [0.29, 0.717) is 6.04 Å². The van der Waals surface area contributed by atoms with Crippen LogP contribution in [0.3, 0.4) is 0 Å². The van der Waals surface area contributed by atoms with Gasteiger partial charge < -0.3 is 10.2 Å². The van der Waals surface area contributed by atoms with Crippen molar-refractivity contribution in [1.29, 1.82) is 0 Å². The molecule has 0 aliphatic carbocycles. The van der Waals surface area contributed by atoms with Crippen LogP contribution in [0, 0.1) is 0 Å². The monoisotopic (exact) mass is 254 g/mol. The average molecular weight is 254 g/mol. The summed E-state index contributed by atoms with van der Waals surface area (Å²) in [6.45, 7) is 7.98. The molecule has 0 saturated heterocycles. The van der Waals surface area contributed by atoms with Crippen molar-refractivity contribution < 1.29 is 0 Å². The van der Waals surface area contributed by atoms with E-state index in [1.807, 2.05) is 11.3 Å². The molecule has 2 nitrogen and oxygen atoms in total. The van der Waals surface area contributed by atoms with Crippen LogP contribution >= 0.6 is 11.3 Å². The lowest BCUT2D eigenvalue weighted by Gasteiger charge is -2.24. The molecule has 0 radical (unpaired) electrons. The molecule has 0 bridgehead atoms. The molecular weight excluding hydrogens is 228 g/mol. The normalized spacial score (nSPS) is 13.2. The van der Waals surface area contributed by atoms with Crippen LogP contribution in [0.5, 0.6) is 0 Å². The van der Waals surface area contributed by atoms with Crippen LogP contribution < -0.4 is 5.32 Å². The number of rotatable bonds is 9. The van der Waals surface area contributed by atoms with Gasteiger partial charge in [0, 0.05) is 17.5 Å². The summed E-state index contributed by atoms with van der Waals surface area (Å²) < 4.78 is 0. The second-order valence-corrected chi connectivity index (χ2v) is 5.73. The van der Waals surface area contributed by atoms with Gasteiger partial charge in [-0.05, 0) is 57.8 Å². The topological polar surface area (TPSA) is 15.3 Å². The minimum absolute atomic E-state index is 0.666. The van der Waals surface area contributed by atoms with Crippen LogP contribution in [0.2, 0.25) is 0 Å². The Balaban J connectivity index is 2.11. The first-order valence-corrected chi connectivity index (χ1v) is 7.55. The van der Waals surface area contributed by atoms with Gasteiger partial charge in [0.15, 0.2) is 0 Å². The SMILES string of the molecule is CCCNCCC(C)N(C)CCc1cccs1. The molecule has 1 aromatic rings. The summed E-state index contributed by atoms with van der Waals surface area (Å²) in [5.74, 6) is 0. The van der Waals surface area contributed by atoms with E-state index in [1.165, 1.54) is 24.1 Å². The van der Waals surface area contributed by atoms with E-state index in [4.69, 9.17) is 0 Å². The van der Waals surface area contributed by atoms with Crippen molar-refractivity contribution in [3.63, 3.8) is 0 Å². The highest BCUT2D eigenvalue weighted by atomic mass is 32.1. The number of likely N-dealkylation sites (N-methyl/N-ethyl adjacent to an activating group) is 1. The number of nitrogens with zero attached hydrogens (tertiary/aromatic N) is 1. The molecule has 1 N–H and O–H groups in total. The first-order chi connectivity index (χ1) is 8.24. The van der Waals surface area contributed by atoms with E-state index in [-0.39, 0.29) is 0 Å². The number of hydrogen-bond donors (Lipinski definition) is 1. The second-order valence-electron chi connectivity index (χ2n) is 4.70. The first-order valence-electron chi connectivity index (χ1n) is 6.67. The summed E-state index contributed by atoms with van der Waals surface area (Å²) in [5.41, 5.74) is 0. The standard InChI is InChI=1S/C14H26N2S/c1-4-9-15-10-7-13(2)16(3)11-8-14-6-5-12-17-14/h5-6,12-13,15H,4,7-11H2,1-3H3. The van der Waals surface area contributed by atoms with Crippen molar-refractivity contribution in [1.82, 2.24) is 10.2 Å². The molecule has 0 aliphatic rings. The molecule has 1 heterocycles. The number of nitrogens with one attached hydrogen (secondary N) is 1. The molecule has 0 saturated carbocycles. The third kappa shape index (κ3) is 6.20. The quantitative estimate of drug-likeness (QED) is 0.682. The highest BCUT2D eigenvalue weighted by molar-refractivity contribution is 7.09. The second kappa shape index (κ2) is 8.67. The minimum atomic E-state index is 0.666. The van der Waals surface area contributed by atoms with Gasteiger partial charge in [-0.15, -0.1) is 11.3 Å². The summed E-state index contributed by atoms with van der Waals surface area (Å²) in [7, 11) is 2.23. The van der Waals surface area contributed by atoms with Crippen molar-refractivity contribution >= 4 is 11.3 Å². The molecule has 98 valence electrons. The van der Waals surface area contributed by atoms with Gasteiger partial charge >= 0.3 is 0 Å². The summed E-state index contributed by atoms with van der Waals surface area (Å²) >= 11 is 1.86. The highest BCUT2D eigenvalue weighted by Crippen LogP contribution is 2.10. The van der Waals surface area contributed by atoms with Crippen molar-refractivity contribution in [2.75, 3.05) is 26.7 Å². The van der Waals surface area contributed by atoms with Crippen LogP contribution in [-0.2, 0) is 6.42 Å². The maximum absolute atomic E-state index is 3.47. The molecule has 1 aromatic heterocycles. The van der Waals surface area contributed by atoms with Gasteiger partial charge in [-0.3, -0.25) is 0 Å². The van der Waals surface area contributed by atoms with Gasteiger partial charge in [0.1, 0.15) is 0 Å². The fourth-order valence-corrected chi connectivity index (χ4v) is 2.49. The first kappa shape index (κ1) is 14.7. The number of thiophene rings is 1. The van der Waals surface area contributed by atoms with Crippen LogP contribution in [0.15, 0.2) is 17.5 Å². The van der Waals surface area contributed by atoms with Crippen molar-refractivity contribution in [3.05, 3.63) is 22.4 Å². The molecule has 1 unspecified atom stereocenters. The van der Waals surface area contributed by atoms with Crippen LogP contribution in [0.1, 0.15) is 31.6 Å². The van der Waals surface area contributed by atoms with Gasteiger partial charge in [-0.25, -0.2) is 0 Å². The summed E-state index contributed by atoms with van der Waals surface area (Å²) in [6, 6.07) is 5.03. The van der Waals surface area contributed by atoms with Crippen molar-refractivity contribution in [3.8, 4) is 0 Å². The fraction of sp³-hybridized carbons (Fsp3) is 0.714. The van der Waals surface area contributed by atoms with E-state index in [1.54, 1.807) is 0 Å². The van der Waals surface area contributed by atoms with Gasteiger partial charge in [-0.2, -0.15) is 0 Å². The lowest BCUT2D eigenvalue weighted by molar-refractivity contribution is 0.248. The van der Waals surface area contributed by atoms with Crippen molar-refractivity contribution in [2.24, 2.45) is 0 Å². The fourth-order valence-electron chi connectivity index (χ4n) is 1.79. The molecule has 1 atom stereocenters. The predicted octanol–water partition coefficient (Wildman–Crippen LogP) is 3.00. The smallest absolute Gasteiger partial charge is 0.00760 e. The summed E-state index contributed by atoms with van der Waals surface area (Å²) in [4.78, 5) is 3.96. The van der Waals surface area contributed by atoms with Crippen LogP contribution in [-0.4, -0.2) is 37.6 Å². The molecule has 0 aromatic carbocycles. The Bertz CT molecular complexity index is 272. The Kier molecular flexibility index (Phi) is 7.49. The number of hydrogen-bond acceptors (Lipinski definition) is 3. The van der Waals surface area contributed by atoms with Crippen LogP contribution in [0.25, 0.3) is 0 Å². The molecular formula is C14H26N2S. The molecule has 0 amide bonds. The van der Waals surface area contributed by atoms with Gasteiger partial charge in [0.25, 0.3) is 0 Å². The third-order valence-corrected chi connectivity index (χ3v) is 4.15. The zero-order valence-electron chi connectivity index (χ0n) is 11.4. The Labute approximate surface area is 110 Å². The molecule has 0 spiro atoms. The van der Waals surface area contributed by atoms with E-state index in [9.17, 15) is 0 Å². The Morgan fingerprint density at radius 1 is 1.41 bits per heavy atom. The summed E-state index contributed by atoms with van der Waals surface area (Å²) in [5, 5.41) is 5.63. The predicted molar refractivity (Wildman–Crippen MR) is 77.9 cm³/mol. The molecule has 1 rings (SSSR count). The third-order valence-electron chi connectivity index (χ3n) is 3.21. The molecule has 0 aliphatic heterocycles. The summed E-state index contributed by atoms with van der Waals surface area (Å²) in [6.07, 6.45) is 3.64. The van der Waals surface area contributed by atoms with E-state index in [2.05, 4.69) is 48.6 Å². The van der Waals surface area contributed by atoms with Gasteiger partial charge in [0.2, 0.25) is 0 Å². The Morgan fingerprint density at radius 3 is 2.88 bits per heavy atom. The van der Waals surface area contributed by atoms with E-state index in [0.717, 1.165) is 19.6 Å². The lowest BCUT2D eigenvalue weighted by Crippen LogP contribution is -2.33. The Hall–Kier alpha value is -0.380.